The van der Waals surface area contributed by atoms with Crippen LogP contribution < -0.4 is 5.32 Å². The average molecular weight is 340 g/mol. The first-order valence-electron chi connectivity index (χ1n) is 9.11. The molecule has 1 aliphatic carbocycles. The molecule has 2 aromatic rings. The molecule has 1 unspecified atom stereocenters. The van der Waals surface area contributed by atoms with Gasteiger partial charge in [0.2, 0.25) is 5.89 Å². The van der Waals surface area contributed by atoms with E-state index in [2.05, 4.69) is 39.7 Å². The van der Waals surface area contributed by atoms with Gasteiger partial charge in [-0.2, -0.15) is 4.98 Å². The van der Waals surface area contributed by atoms with E-state index in [9.17, 15) is 4.79 Å². The van der Waals surface area contributed by atoms with Gasteiger partial charge in [-0.3, -0.25) is 0 Å². The second-order valence-electron chi connectivity index (χ2n) is 7.10. The fourth-order valence-corrected chi connectivity index (χ4v) is 3.88. The number of urea groups is 1. The molecule has 1 atom stereocenters. The number of aromatic nitrogens is 2. The SMILES string of the molecule is Cc1noc(C2CCN(C(=O)NC3CCc4ccccc4CC3)C2)n1. The number of likely N-dealkylation sites (tertiary alicyclic amines) is 1. The van der Waals surface area contributed by atoms with E-state index in [4.69, 9.17) is 4.52 Å². The lowest BCUT2D eigenvalue weighted by molar-refractivity contribution is 0.202. The average Bonchev–Trinajstić information content (AvgIpc) is 3.22. The van der Waals surface area contributed by atoms with Crippen LogP contribution in [0.4, 0.5) is 4.79 Å². The summed E-state index contributed by atoms with van der Waals surface area (Å²) in [4.78, 5) is 18.8. The molecule has 6 nitrogen and oxygen atoms in total. The van der Waals surface area contributed by atoms with Crippen molar-refractivity contribution >= 4 is 6.03 Å². The third-order valence-electron chi connectivity index (χ3n) is 5.34. The highest BCUT2D eigenvalue weighted by Gasteiger charge is 2.31. The van der Waals surface area contributed by atoms with Crippen LogP contribution in [-0.4, -0.2) is 40.2 Å². The second kappa shape index (κ2) is 6.86. The molecule has 1 saturated heterocycles. The Bertz CT molecular complexity index is 730. The Balaban J connectivity index is 1.32. The van der Waals surface area contributed by atoms with Crippen molar-refractivity contribution in [2.75, 3.05) is 13.1 Å². The van der Waals surface area contributed by atoms with Crippen molar-refractivity contribution < 1.29 is 9.32 Å². The number of amides is 2. The van der Waals surface area contributed by atoms with Crippen molar-refractivity contribution in [3.8, 4) is 0 Å². The zero-order valence-corrected chi connectivity index (χ0v) is 14.6. The van der Waals surface area contributed by atoms with Gasteiger partial charge in [0.15, 0.2) is 5.82 Å². The molecule has 0 saturated carbocycles. The fraction of sp³-hybridized carbons (Fsp3) is 0.526. The maximum Gasteiger partial charge on any atom is 0.317 e. The number of nitrogens with zero attached hydrogens (tertiary/aromatic N) is 3. The summed E-state index contributed by atoms with van der Waals surface area (Å²) in [7, 11) is 0. The van der Waals surface area contributed by atoms with Crippen LogP contribution in [0.25, 0.3) is 0 Å². The minimum absolute atomic E-state index is 0.0368. The lowest BCUT2D eigenvalue weighted by atomic mass is 10.0. The molecule has 1 aliphatic heterocycles. The van der Waals surface area contributed by atoms with E-state index in [0.717, 1.165) is 38.6 Å². The first kappa shape index (κ1) is 16.1. The normalized spacial score (nSPS) is 21.0. The number of carbonyl (C=O) groups is 1. The molecule has 1 aromatic carbocycles. The Morgan fingerprint density at radius 1 is 1.20 bits per heavy atom. The molecular weight excluding hydrogens is 316 g/mol. The predicted octanol–water partition coefficient (Wildman–Crippen LogP) is 2.82. The van der Waals surface area contributed by atoms with Crippen molar-refractivity contribution in [3.63, 3.8) is 0 Å². The highest BCUT2D eigenvalue weighted by atomic mass is 16.5. The summed E-state index contributed by atoms with van der Waals surface area (Å²) in [6.45, 7) is 3.21. The van der Waals surface area contributed by atoms with E-state index in [-0.39, 0.29) is 18.0 Å². The molecule has 4 rings (SSSR count). The molecule has 1 N–H and O–H groups in total. The molecule has 2 aliphatic rings. The molecule has 2 amide bonds. The van der Waals surface area contributed by atoms with Crippen molar-refractivity contribution in [1.29, 1.82) is 0 Å². The summed E-state index contributed by atoms with van der Waals surface area (Å²) in [5.41, 5.74) is 2.85. The Hall–Kier alpha value is -2.37. The van der Waals surface area contributed by atoms with Crippen molar-refractivity contribution in [2.45, 2.75) is 51.0 Å². The summed E-state index contributed by atoms with van der Waals surface area (Å²) in [6, 6.07) is 8.88. The highest BCUT2D eigenvalue weighted by Crippen LogP contribution is 2.26. The minimum atomic E-state index is 0.0368. The van der Waals surface area contributed by atoms with Gasteiger partial charge in [-0.05, 0) is 50.2 Å². The number of hydrogen-bond acceptors (Lipinski definition) is 4. The predicted molar refractivity (Wildman–Crippen MR) is 93.4 cm³/mol. The van der Waals surface area contributed by atoms with Gasteiger partial charge in [-0.1, -0.05) is 29.4 Å². The van der Waals surface area contributed by atoms with Crippen LogP contribution in [0.2, 0.25) is 0 Å². The maximum atomic E-state index is 12.6. The van der Waals surface area contributed by atoms with Crippen LogP contribution in [0.3, 0.4) is 0 Å². The summed E-state index contributed by atoms with van der Waals surface area (Å²) < 4.78 is 5.26. The van der Waals surface area contributed by atoms with E-state index < -0.39 is 0 Å². The van der Waals surface area contributed by atoms with E-state index in [0.29, 0.717) is 18.3 Å². The third-order valence-corrected chi connectivity index (χ3v) is 5.34. The van der Waals surface area contributed by atoms with Gasteiger partial charge >= 0.3 is 6.03 Å². The molecule has 2 heterocycles. The first-order valence-corrected chi connectivity index (χ1v) is 9.11. The number of hydrogen-bond donors (Lipinski definition) is 1. The van der Waals surface area contributed by atoms with E-state index >= 15 is 0 Å². The van der Waals surface area contributed by atoms with Gasteiger partial charge in [-0.15, -0.1) is 0 Å². The third kappa shape index (κ3) is 3.52. The Labute approximate surface area is 147 Å². The van der Waals surface area contributed by atoms with Crippen molar-refractivity contribution in [2.24, 2.45) is 0 Å². The largest absolute Gasteiger partial charge is 0.339 e. The quantitative estimate of drug-likeness (QED) is 0.854. The number of nitrogens with one attached hydrogen (secondary N) is 1. The smallest absolute Gasteiger partial charge is 0.317 e. The molecule has 1 aromatic heterocycles. The topological polar surface area (TPSA) is 71.3 Å². The summed E-state index contributed by atoms with van der Waals surface area (Å²) in [5.74, 6) is 1.46. The number of carbonyl (C=O) groups excluding carboxylic acids is 1. The van der Waals surface area contributed by atoms with Crippen LogP contribution in [0, 0.1) is 6.92 Å². The Kier molecular flexibility index (Phi) is 4.42. The minimum Gasteiger partial charge on any atom is -0.339 e. The van der Waals surface area contributed by atoms with Gasteiger partial charge in [0.1, 0.15) is 0 Å². The Morgan fingerprint density at radius 2 is 1.92 bits per heavy atom. The number of aryl methyl sites for hydroxylation is 3. The first-order chi connectivity index (χ1) is 12.2. The number of rotatable bonds is 2. The van der Waals surface area contributed by atoms with E-state index in [1.165, 1.54) is 11.1 Å². The second-order valence-corrected chi connectivity index (χ2v) is 7.10. The summed E-state index contributed by atoms with van der Waals surface area (Å²) >= 11 is 0. The molecule has 0 bridgehead atoms. The number of benzene rings is 1. The van der Waals surface area contributed by atoms with Gasteiger partial charge in [0, 0.05) is 19.1 Å². The standard InChI is InChI=1S/C19H24N4O2/c1-13-20-18(25-22-13)16-10-11-23(12-16)19(24)21-17-8-6-14-4-2-3-5-15(14)7-9-17/h2-5,16-17H,6-12H2,1H3,(H,21,24). The monoisotopic (exact) mass is 340 g/mol. The van der Waals surface area contributed by atoms with Crippen LogP contribution in [-0.2, 0) is 12.8 Å². The zero-order chi connectivity index (χ0) is 17.2. The molecule has 6 heteroatoms. The van der Waals surface area contributed by atoms with Crippen LogP contribution in [0.15, 0.2) is 28.8 Å². The van der Waals surface area contributed by atoms with Crippen LogP contribution in [0.5, 0.6) is 0 Å². The van der Waals surface area contributed by atoms with Gasteiger partial charge in [0.05, 0.1) is 5.92 Å². The summed E-state index contributed by atoms with van der Waals surface area (Å²) in [6.07, 6.45) is 4.95. The maximum absolute atomic E-state index is 12.6. The van der Waals surface area contributed by atoms with Gasteiger partial charge in [0.25, 0.3) is 0 Å². The lowest BCUT2D eigenvalue weighted by Gasteiger charge is -2.22. The van der Waals surface area contributed by atoms with Crippen molar-refractivity contribution in [1.82, 2.24) is 20.4 Å². The Morgan fingerprint density at radius 3 is 2.56 bits per heavy atom. The fourth-order valence-electron chi connectivity index (χ4n) is 3.88. The summed E-state index contributed by atoms with van der Waals surface area (Å²) in [5, 5.41) is 7.08. The van der Waals surface area contributed by atoms with Crippen molar-refractivity contribution in [3.05, 3.63) is 47.1 Å². The van der Waals surface area contributed by atoms with E-state index in [1.54, 1.807) is 0 Å². The van der Waals surface area contributed by atoms with Gasteiger partial charge < -0.3 is 14.7 Å². The van der Waals surface area contributed by atoms with Crippen LogP contribution in [0.1, 0.15) is 48.0 Å². The highest BCUT2D eigenvalue weighted by molar-refractivity contribution is 5.75. The van der Waals surface area contributed by atoms with Crippen LogP contribution >= 0.6 is 0 Å². The van der Waals surface area contributed by atoms with E-state index in [1.807, 2.05) is 11.8 Å². The lowest BCUT2D eigenvalue weighted by Crippen LogP contribution is -2.44. The van der Waals surface area contributed by atoms with Gasteiger partial charge in [-0.25, -0.2) is 4.79 Å². The molecule has 25 heavy (non-hydrogen) atoms. The molecule has 1 fully saturated rings. The number of fused-ring (bicyclic) bond motifs is 1. The molecule has 0 radical (unpaired) electrons. The zero-order valence-electron chi connectivity index (χ0n) is 14.6. The molecule has 132 valence electrons. The molecule has 0 spiro atoms. The molecular formula is C19H24N4O2.